The number of methoxy groups -OCH3 is 1. The van der Waals surface area contributed by atoms with Crippen LogP contribution in [0.2, 0.25) is 0 Å². The Morgan fingerprint density at radius 3 is 2.50 bits per heavy atom. The van der Waals surface area contributed by atoms with Crippen LogP contribution < -0.4 is 0 Å². The van der Waals surface area contributed by atoms with Gasteiger partial charge in [-0.25, -0.2) is 0 Å². The molecule has 0 rings (SSSR count). The Bertz CT molecular complexity index is 184. The monoisotopic (exact) mass is 222 g/mol. The van der Waals surface area contributed by atoms with E-state index in [1.54, 1.807) is 6.92 Å². The van der Waals surface area contributed by atoms with Gasteiger partial charge in [0.25, 0.3) is 0 Å². The molecule has 0 saturated heterocycles. The van der Waals surface area contributed by atoms with Crippen LogP contribution in [0.1, 0.15) is 39.5 Å². The van der Waals surface area contributed by atoms with Crippen LogP contribution in [0.3, 0.4) is 0 Å². The van der Waals surface area contributed by atoms with E-state index >= 15 is 0 Å². The Hall–Kier alpha value is -0.280. The number of rotatable bonds is 6. The summed E-state index contributed by atoms with van der Waals surface area (Å²) in [6, 6.07) is 0. The summed E-state index contributed by atoms with van der Waals surface area (Å²) in [5, 5.41) is 9.67. The maximum absolute atomic E-state index is 11.4. The van der Waals surface area contributed by atoms with Gasteiger partial charge in [-0.3, -0.25) is 4.79 Å². The number of esters is 1. The van der Waals surface area contributed by atoms with Crippen LogP contribution in [0.15, 0.2) is 0 Å². The zero-order valence-corrected chi connectivity index (χ0v) is 9.80. The van der Waals surface area contributed by atoms with Gasteiger partial charge in [-0.2, -0.15) is 0 Å². The Labute approximate surface area is 90.4 Å². The van der Waals surface area contributed by atoms with E-state index in [0.29, 0.717) is 12.8 Å². The lowest BCUT2D eigenvalue weighted by Crippen LogP contribution is -2.45. The molecule has 14 heavy (non-hydrogen) atoms. The standard InChI is InChI=1S/C10H19ClO3/c1-4-6-7-10(11,8(12)5-2)9(13)14-3/h8,12H,4-7H2,1-3H3. The van der Waals surface area contributed by atoms with E-state index in [1.165, 1.54) is 7.11 Å². The molecule has 2 atom stereocenters. The number of carbonyl (C=O) groups excluding carboxylic acids is 1. The van der Waals surface area contributed by atoms with Crippen LogP contribution in [0.5, 0.6) is 0 Å². The van der Waals surface area contributed by atoms with Crippen molar-refractivity contribution in [2.24, 2.45) is 0 Å². The zero-order chi connectivity index (χ0) is 11.2. The number of aliphatic hydroxyl groups is 1. The quantitative estimate of drug-likeness (QED) is 0.553. The van der Waals surface area contributed by atoms with E-state index in [4.69, 9.17) is 11.6 Å². The maximum Gasteiger partial charge on any atom is 0.329 e. The Kier molecular flexibility index (Phi) is 6.12. The first-order valence-corrected chi connectivity index (χ1v) is 5.36. The summed E-state index contributed by atoms with van der Waals surface area (Å²) in [5.41, 5.74) is 0. The lowest BCUT2D eigenvalue weighted by atomic mass is 9.93. The molecular formula is C10H19ClO3. The van der Waals surface area contributed by atoms with Crippen molar-refractivity contribution in [2.45, 2.75) is 50.5 Å². The first-order valence-electron chi connectivity index (χ1n) is 4.98. The fourth-order valence-corrected chi connectivity index (χ4v) is 1.70. The Morgan fingerprint density at radius 1 is 1.57 bits per heavy atom. The number of carbonyl (C=O) groups is 1. The van der Waals surface area contributed by atoms with Gasteiger partial charge >= 0.3 is 5.97 Å². The van der Waals surface area contributed by atoms with Crippen molar-refractivity contribution in [2.75, 3.05) is 7.11 Å². The van der Waals surface area contributed by atoms with Crippen molar-refractivity contribution in [1.82, 2.24) is 0 Å². The van der Waals surface area contributed by atoms with Gasteiger partial charge in [0.2, 0.25) is 0 Å². The predicted molar refractivity (Wildman–Crippen MR) is 56.4 cm³/mol. The molecule has 0 aliphatic carbocycles. The van der Waals surface area contributed by atoms with Crippen molar-refractivity contribution in [1.29, 1.82) is 0 Å². The second kappa shape index (κ2) is 6.25. The molecule has 0 aliphatic heterocycles. The van der Waals surface area contributed by atoms with E-state index in [2.05, 4.69) is 4.74 Å². The smallest absolute Gasteiger partial charge is 0.329 e. The molecule has 0 bridgehead atoms. The Morgan fingerprint density at radius 2 is 2.14 bits per heavy atom. The van der Waals surface area contributed by atoms with E-state index < -0.39 is 16.9 Å². The van der Waals surface area contributed by atoms with Gasteiger partial charge in [0.15, 0.2) is 4.87 Å². The highest BCUT2D eigenvalue weighted by molar-refractivity contribution is 6.34. The van der Waals surface area contributed by atoms with Crippen molar-refractivity contribution >= 4 is 17.6 Å². The van der Waals surface area contributed by atoms with Crippen LogP contribution in [0, 0.1) is 0 Å². The minimum atomic E-state index is -1.26. The van der Waals surface area contributed by atoms with Crippen molar-refractivity contribution < 1.29 is 14.6 Å². The third-order valence-electron chi connectivity index (χ3n) is 2.33. The molecule has 0 heterocycles. The number of ether oxygens (including phenoxy) is 1. The average molecular weight is 223 g/mol. The second-order valence-electron chi connectivity index (χ2n) is 3.38. The molecule has 0 saturated carbocycles. The predicted octanol–water partition coefficient (Wildman–Crippen LogP) is 2.10. The van der Waals surface area contributed by atoms with Crippen LogP contribution in [0.4, 0.5) is 0 Å². The molecule has 0 radical (unpaired) electrons. The summed E-state index contributed by atoms with van der Waals surface area (Å²) >= 11 is 6.09. The summed E-state index contributed by atoms with van der Waals surface area (Å²) < 4.78 is 4.60. The van der Waals surface area contributed by atoms with Crippen LogP contribution in [0.25, 0.3) is 0 Å². The summed E-state index contributed by atoms with van der Waals surface area (Å²) in [6.45, 7) is 3.80. The van der Waals surface area contributed by atoms with Crippen LogP contribution in [-0.2, 0) is 9.53 Å². The minimum Gasteiger partial charge on any atom is -0.468 e. The number of halogens is 1. The fourth-order valence-electron chi connectivity index (χ4n) is 1.33. The molecule has 0 spiro atoms. The molecule has 1 N–H and O–H groups in total. The number of hydrogen-bond acceptors (Lipinski definition) is 3. The molecule has 2 unspecified atom stereocenters. The number of aliphatic hydroxyl groups excluding tert-OH is 1. The van der Waals surface area contributed by atoms with Gasteiger partial charge in [0, 0.05) is 0 Å². The largest absolute Gasteiger partial charge is 0.468 e. The van der Waals surface area contributed by atoms with E-state index in [9.17, 15) is 9.90 Å². The molecule has 0 aromatic rings. The average Bonchev–Trinajstić information content (AvgIpc) is 2.23. The molecule has 84 valence electrons. The van der Waals surface area contributed by atoms with Gasteiger partial charge < -0.3 is 9.84 Å². The molecule has 0 aliphatic rings. The molecule has 0 fully saturated rings. The summed E-state index contributed by atoms with van der Waals surface area (Å²) in [5.74, 6) is -0.540. The Balaban J connectivity index is 4.56. The first-order chi connectivity index (χ1) is 6.52. The van der Waals surface area contributed by atoms with E-state index in [-0.39, 0.29) is 0 Å². The van der Waals surface area contributed by atoms with Crippen LogP contribution in [-0.4, -0.2) is 29.2 Å². The van der Waals surface area contributed by atoms with E-state index in [0.717, 1.165) is 12.8 Å². The molecule has 4 heteroatoms. The zero-order valence-electron chi connectivity index (χ0n) is 9.05. The topological polar surface area (TPSA) is 46.5 Å². The maximum atomic E-state index is 11.4. The summed E-state index contributed by atoms with van der Waals surface area (Å²) in [6.07, 6.45) is 1.79. The van der Waals surface area contributed by atoms with Gasteiger partial charge in [-0.15, -0.1) is 11.6 Å². The normalized spacial score (nSPS) is 17.2. The van der Waals surface area contributed by atoms with E-state index in [1.807, 2.05) is 6.92 Å². The number of unbranched alkanes of at least 4 members (excludes halogenated alkanes) is 1. The highest BCUT2D eigenvalue weighted by Gasteiger charge is 2.42. The van der Waals surface area contributed by atoms with Gasteiger partial charge in [0.1, 0.15) is 0 Å². The van der Waals surface area contributed by atoms with Crippen molar-refractivity contribution in [3.05, 3.63) is 0 Å². The molecule has 3 nitrogen and oxygen atoms in total. The van der Waals surface area contributed by atoms with Gasteiger partial charge in [0.05, 0.1) is 13.2 Å². The minimum absolute atomic E-state index is 0.447. The van der Waals surface area contributed by atoms with Gasteiger partial charge in [-0.1, -0.05) is 26.7 Å². The summed E-state index contributed by atoms with van der Waals surface area (Å²) in [7, 11) is 1.29. The van der Waals surface area contributed by atoms with Crippen LogP contribution >= 0.6 is 11.6 Å². The third-order valence-corrected chi connectivity index (χ3v) is 2.93. The second-order valence-corrected chi connectivity index (χ2v) is 4.06. The number of alkyl halides is 1. The van der Waals surface area contributed by atoms with Gasteiger partial charge in [-0.05, 0) is 12.8 Å². The molecule has 0 amide bonds. The SMILES string of the molecule is CCCCC(Cl)(C(=O)OC)C(O)CC. The van der Waals surface area contributed by atoms with Crippen molar-refractivity contribution in [3.8, 4) is 0 Å². The molecule has 0 aromatic heterocycles. The highest BCUT2D eigenvalue weighted by atomic mass is 35.5. The number of hydrogen-bond donors (Lipinski definition) is 1. The third kappa shape index (κ3) is 3.14. The summed E-state index contributed by atoms with van der Waals surface area (Å²) in [4.78, 5) is 10.2. The van der Waals surface area contributed by atoms with Crippen molar-refractivity contribution in [3.63, 3.8) is 0 Å². The first kappa shape index (κ1) is 13.7. The molecular weight excluding hydrogens is 204 g/mol. The lowest BCUT2D eigenvalue weighted by Gasteiger charge is -2.28. The molecule has 0 aromatic carbocycles. The highest BCUT2D eigenvalue weighted by Crippen LogP contribution is 2.30. The lowest BCUT2D eigenvalue weighted by molar-refractivity contribution is -0.147. The fraction of sp³-hybridized carbons (Fsp3) is 0.900.